The minimum absolute atomic E-state index is 0.311. The molecule has 0 fully saturated rings. The lowest BCUT2D eigenvalue weighted by Gasteiger charge is -2.23. The number of esters is 1. The Bertz CT molecular complexity index is 711. The molecular formula is C19H19Cl2NO2. The highest BCUT2D eigenvalue weighted by atomic mass is 35.5. The molecule has 2 rings (SSSR count). The first-order valence-corrected chi connectivity index (χ1v) is 8.41. The van der Waals surface area contributed by atoms with Crippen molar-refractivity contribution in [2.24, 2.45) is 4.99 Å². The van der Waals surface area contributed by atoms with Gasteiger partial charge in [-0.2, -0.15) is 0 Å². The van der Waals surface area contributed by atoms with Crippen molar-refractivity contribution in [3.63, 3.8) is 0 Å². The van der Waals surface area contributed by atoms with Crippen molar-refractivity contribution in [2.45, 2.75) is 25.8 Å². The predicted octanol–water partition coefficient (Wildman–Crippen LogP) is 4.98. The number of ether oxygens (including phenoxy) is 1. The van der Waals surface area contributed by atoms with Gasteiger partial charge in [0.1, 0.15) is 0 Å². The molecule has 3 nitrogen and oxygen atoms in total. The Morgan fingerprint density at radius 1 is 1.08 bits per heavy atom. The second-order valence-corrected chi connectivity index (χ2v) is 6.48. The molecule has 0 spiro atoms. The maximum absolute atomic E-state index is 12.4. The summed E-state index contributed by atoms with van der Waals surface area (Å²) in [7, 11) is 0. The second kappa shape index (κ2) is 8.32. The summed E-state index contributed by atoms with van der Waals surface area (Å²) < 4.78 is 5.21. The first-order chi connectivity index (χ1) is 11.4. The van der Waals surface area contributed by atoms with E-state index in [2.05, 4.69) is 4.99 Å². The molecular weight excluding hydrogens is 345 g/mol. The van der Waals surface area contributed by atoms with Crippen molar-refractivity contribution in [3.8, 4) is 0 Å². The summed E-state index contributed by atoms with van der Waals surface area (Å²) in [6.07, 6.45) is 2.09. The van der Waals surface area contributed by atoms with E-state index in [0.29, 0.717) is 23.1 Å². The molecule has 0 aromatic heterocycles. The lowest BCUT2D eigenvalue weighted by Crippen LogP contribution is -2.37. The van der Waals surface area contributed by atoms with Crippen LogP contribution >= 0.6 is 23.2 Å². The van der Waals surface area contributed by atoms with E-state index in [-0.39, 0.29) is 5.97 Å². The summed E-state index contributed by atoms with van der Waals surface area (Å²) in [5.41, 5.74) is 0.818. The average molecular weight is 364 g/mol. The third-order valence-electron chi connectivity index (χ3n) is 3.55. The van der Waals surface area contributed by atoms with Gasteiger partial charge in [0.2, 0.25) is 0 Å². The largest absolute Gasteiger partial charge is 0.464 e. The fourth-order valence-corrected chi connectivity index (χ4v) is 2.47. The van der Waals surface area contributed by atoms with Gasteiger partial charge in [0.25, 0.3) is 0 Å². The van der Waals surface area contributed by atoms with Crippen LogP contribution in [-0.2, 0) is 16.0 Å². The highest BCUT2D eigenvalue weighted by Gasteiger charge is 2.34. The van der Waals surface area contributed by atoms with Crippen LogP contribution in [0.3, 0.4) is 0 Å². The van der Waals surface area contributed by atoms with Gasteiger partial charge in [0, 0.05) is 22.7 Å². The first-order valence-electron chi connectivity index (χ1n) is 7.65. The van der Waals surface area contributed by atoms with E-state index < -0.39 is 5.54 Å². The molecule has 0 saturated carbocycles. The van der Waals surface area contributed by atoms with Crippen molar-refractivity contribution < 1.29 is 9.53 Å². The van der Waals surface area contributed by atoms with Crippen LogP contribution in [0.25, 0.3) is 0 Å². The van der Waals surface area contributed by atoms with Crippen LogP contribution in [0, 0.1) is 0 Å². The van der Waals surface area contributed by atoms with Crippen LogP contribution in [0.4, 0.5) is 0 Å². The van der Waals surface area contributed by atoms with Crippen LogP contribution in [-0.4, -0.2) is 24.3 Å². The summed E-state index contributed by atoms with van der Waals surface area (Å²) in [4.78, 5) is 16.9. The number of hydrogen-bond acceptors (Lipinski definition) is 3. The molecule has 0 bridgehead atoms. The number of nitrogens with zero attached hydrogens (tertiary/aromatic N) is 1. The van der Waals surface area contributed by atoms with Gasteiger partial charge < -0.3 is 4.74 Å². The molecule has 24 heavy (non-hydrogen) atoms. The van der Waals surface area contributed by atoms with Gasteiger partial charge in [-0.15, -0.1) is 0 Å². The second-order valence-electron chi connectivity index (χ2n) is 5.61. The van der Waals surface area contributed by atoms with Crippen molar-refractivity contribution >= 4 is 35.4 Å². The summed E-state index contributed by atoms with van der Waals surface area (Å²) in [5.74, 6) is -0.356. The lowest BCUT2D eigenvalue weighted by atomic mass is 9.93. The number of aliphatic imine (C=N–C) groups is 1. The van der Waals surface area contributed by atoms with Crippen molar-refractivity contribution in [1.82, 2.24) is 0 Å². The number of rotatable bonds is 6. The number of carbonyl (C=O) groups is 1. The third-order valence-corrected chi connectivity index (χ3v) is 4.05. The van der Waals surface area contributed by atoms with Gasteiger partial charge in [0.05, 0.1) is 6.61 Å². The summed E-state index contributed by atoms with van der Waals surface area (Å²) >= 11 is 11.8. The van der Waals surface area contributed by atoms with Crippen LogP contribution in [0.15, 0.2) is 53.5 Å². The molecule has 2 aromatic rings. The van der Waals surface area contributed by atoms with E-state index in [0.717, 1.165) is 11.1 Å². The van der Waals surface area contributed by atoms with Crippen LogP contribution in [0.1, 0.15) is 25.0 Å². The SMILES string of the molecule is CCOC(=O)[C@@](C)(Cc1ccc(Cl)cc1)N=Cc1ccc(Cl)cc1. The highest BCUT2D eigenvalue weighted by molar-refractivity contribution is 6.30. The molecule has 0 aliphatic carbocycles. The number of hydrogen-bond donors (Lipinski definition) is 0. The minimum Gasteiger partial charge on any atom is -0.464 e. The van der Waals surface area contributed by atoms with Crippen molar-refractivity contribution in [3.05, 3.63) is 69.7 Å². The standard InChI is InChI=1S/C19H19Cl2NO2/c1-3-24-18(23)19(2,12-14-4-8-16(20)9-5-14)22-13-15-6-10-17(21)11-7-15/h4-11,13H,3,12H2,1-2H3/t19-/m1/s1. The highest BCUT2D eigenvalue weighted by Crippen LogP contribution is 2.22. The molecule has 0 aliphatic rings. The Kier molecular flexibility index (Phi) is 6.41. The Morgan fingerprint density at radius 3 is 2.17 bits per heavy atom. The molecule has 0 radical (unpaired) electrons. The quantitative estimate of drug-likeness (QED) is 0.536. The van der Waals surface area contributed by atoms with E-state index in [1.807, 2.05) is 24.3 Å². The van der Waals surface area contributed by atoms with Gasteiger partial charge in [-0.3, -0.25) is 4.99 Å². The van der Waals surface area contributed by atoms with E-state index in [9.17, 15) is 4.79 Å². The van der Waals surface area contributed by atoms with Gasteiger partial charge in [-0.25, -0.2) is 4.79 Å². The minimum atomic E-state index is -1.01. The van der Waals surface area contributed by atoms with Gasteiger partial charge in [-0.1, -0.05) is 47.5 Å². The maximum atomic E-state index is 12.4. The maximum Gasteiger partial charge on any atom is 0.334 e. The fraction of sp³-hybridized carbons (Fsp3) is 0.263. The molecule has 126 valence electrons. The van der Waals surface area contributed by atoms with E-state index in [4.69, 9.17) is 27.9 Å². The molecule has 1 atom stereocenters. The Morgan fingerprint density at radius 2 is 1.62 bits per heavy atom. The third kappa shape index (κ3) is 5.08. The van der Waals surface area contributed by atoms with Gasteiger partial charge in [0.15, 0.2) is 5.54 Å². The van der Waals surface area contributed by atoms with E-state index in [1.165, 1.54) is 0 Å². The molecule has 0 N–H and O–H groups in total. The molecule has 0 aliphatic heterocycles. The van der Waals surface area contributed by atoms with E-state index >= 15 is 0 Å². The first kappa shape index (κ1) is 18.5. The molecule has 5 heteroatoms. The Balaban J connectivity index is 2.26. The van der Waals surface area contributed by atoms with Crippen LogP contribution < -0.4 is 0 Å². The molecule has 2 aromatic carbocycles. The normalized spacial score (nSPS) is 13.7. The number of benzene rings is 2. The van der Waals surface area contributed by atoms with Gasteiger partial charge in [-0.05, 0) is 49.2 Å². The molecule has 0 unspecified atom stereocenters. The van der Waals surface area contributed by atoms with Crippen LogP contribution in [0.5, 0.6) is 0 Å². The van der Waals surface area contributed by atoms with Crippen molar-refractivity contribution in [2.75, 3.05) is 6.61 Å². The van der Waals surface area contributed by atoms with Crippen molar-refractivity contribution in [1.29, 1.82) is 0 Å². The van der Waals surface area contributed by atoms with Crippen LogP contribution in [0.2, 0.25) is 10.0 Å². The fourth-order valence-electron chi connectivity index (χ4n) is 2.22. The zero-order chi connectivity index (χ0) is 17.6. The summed E-state index contributed by atoms with van der Waals surface area (Å²) in [5, 5.41) is 1.31. The number of halogens is 2. The van der Waals surface area contributed by atoms with Gasteiger partial charge >= 0.3 is 5.97 Å². The topological polar surface area (TPSA) is 38.7 Å². The Labute approximate surface area is 152 Å². The molecule has 0 saturated heterocycles. The summed E-state index contributed by atoms with van der Waals surface area (Å²) in [6, 6.07) is 14.6. The van der Waals surface area contributed by atoms with E-state index in [1.54, 1.807) is 44.3 Å². The number of carbonyl (C=O) groups excluding carboxylic acids is 1. The molecule has 0 heterocycles. The average Bonchev–Trinajstić information content (AvgIpc) is 2.57. The summed E-state index contributed by atoms with van der Waals surface area (Å²) in [6.45, 7) is 3.86. The monoisotopic (exact) mass is 363 g/mol. The smallest absolute Gasteiger partial charge is 0.334 e. The zero-order valence-electron chi connectivity index (χ0n) is 13.6. The predicted molar refractivity (Wildman–Crippen MR) is 99.2 cm³/mol. The Hall–Kier alpha value is -1.84. The zero-order valence-corrected chi connectivity index (χ0v) is 15.1. The molecule has 0 amide bonds. The lowest BCUT2D eigenvalue weighted by molar-refractivity contribution is -0.148.